The van der Waals surface area contributed by atoms with E-state index in [1.54, 1.807) is 7.11 Å². The zero-order valence-electron chi connectivity index (χ0n) is 7.49. The minimum absolute atomic E-state index is 0.494. The van der Waals surface area contributed by atoms with Gasteiger partial charge in [0.15, 0.2) is 0 Å². The third-order valence-corrected chi connectivity index (χ3v) is 2.23. The number of benzene rings is 1. The van der Waals surface area contributed by atoms with Gasteiger partial charge < -0.3 is 14.4 Å². The average Bonchev–Trinajstić information content (AvgIpc) is 2.50. The normalized spacial score (nSPS) is 14.8. The zero-order chi connectivity index (χ0) is 9.26. The molecular weight excluding hydrogens is 167 g/mol. The summed E-state index contributed by atoms with van der Waals surface area (Å²) in [4.78, 5) is 0. The summed E-state index contributed by atoms with van der Waals surface area (Å²) in [6.45, 7) is 1.01. The first kappa shape index (κ1) is 8.75. The third-order valence-electron chi connectivity index (χ3n) is 2.23. The van der Waals surface area contributed by atoms with Crippen LogP contribution in [0, 0.1) is 0 Å². The summed E-state index contributed by atoms with van der Waals surface area (Å²) in [5.41, 5.74) is 2.94. The van der Waals surface area contributed by atoms with E-state index in [1.807, 2.05) is 18.2 Å². The van der Waals surface area contributed by atoms with Crippen molar-refractivity contribution in [2.24, 2.45) is 0 Å². The third kappa shape index (κ3) is 1.48. The Kier molecular flexibility index (Phi) is 2.35. The Labute approximate surface area is 77.4 Å². The fraction of sp³-hybridized carbons (Fsp3) is 0.333. The van der Waals surface area contributed by atoms with Crippen LogP contribution in [-0.2, 0) is 22.6 Å². The van der Waals surface area contributed by atoms with E-state index >= 15 is 0 Å². The van der Waals surface area contributed by atoms with Gasteiger partial charge in [0.1, 0.15) is 0 Å². The first-order valence-corrected chi connectivity index (χ1v) is 4.22. The van der Waals surface area contributed by atoms with Gasteiger partial charge in [-0.05, 0) is 16.6 Å². The summed E-state index contributed by atoms with van der Waals surface area (Å²) in [6, 6.07) is 5.86. The number of hydrogen-bond acceptors (Lipinski definition) is 3. The van der Waals surface area contributed by atoms with E-state index < -0.39 is 7.12 Å². The van der Waals surface area contributed by atoms with Crippen molar-refractivity contribution in [1.29, 1.82) is 0 Å². The first-order valence-electron chi connectivity index (χ1n) is 4.22. The van der Waals surface area contributed by atoms with Crippen LogP contribution in [0.1, 0.15) is 11.1 Å². The van der Waals surface area contributed by atoms with Crippen LogP contribution in [-0.4, -0.2) is 19.3 Å². The van der Waals surface area contributed by atoms with E-state index in [2.05, 4.69) is 0 Å². The van der Waals surface area contributed by atoms with E-state index in [1.165, 1.54) is 0 Å². The molecule has 0 amide bonds. The van der Waals surface area contributed by atoms with Gasteiger partial charge in [-0.1, -0.05) is 18.2 Å². The van der Waals surface area contributed by atoms with Crippen LogP contribution in [0.4, 0.5) is 0 Å². The average molecular weight is 178 g/mol. The molecule has 0 atom stereocenters. The Balaban J connectivity index is 2.41. The van der Waals surface area contributed by atoms with E-state index in [4.69, 9.17) is 9.39 Å². The summed E-state index contributed by atoms with van der Waals surface area (Å²) in [7, 11) is 0.864. The lowest BCUT2D eigenvalue weighted by Gasteiger charge is -2.06. The predicted octanol–water partition coefficient (Wildman–Crippen LogP) is 0.0507. The van der Waals surface area contributed by atoms with Gasteiger partial charge in [-0.15, -0.1) is 0 Å². The first-order chi connectivity index (χ1) is 6.33. The van der Waals surface area contributed by atoms with Gasteiger partial charge in [-0.3, -0.25) is 0 Å². The van der Waals surface area contributed by atoms with Crippen molar-refractivity contribution in [3.63, 3.8) is 0 Å². The van der Waals surface area contributed by atoms with E-state index in [0.29, 0.717) is 13.2 Å². The maximum absolute atomic E-state index is 9.51. The lowest BCUT2D eigenvalue weighted by atomic mass is 9.76. The molecule has 1 aliphatic rings. The number of methoxy groups -OCH3 is 1. The van der Waals surface area contributed by atoms with Crippen LogP contribution in [0.15, 0.2) is 18.2 Å². The number of fused-ring (bicyclic) bond motifs is 1. The molecule has 0 fully saturated rings. The molecule has 1 N–H and O–H groups in total. The Morgan fingerprint density at radius 1 is 1.62 bits per heavy atom. The van der Waals surface area contributed by atoms with Gasteiger partial charge >= 0.3 is 7.12 Å². The molecule has 0 saturated heterocycles. The number of rotatable bonds is 2. The van der Waals surface area contributed by atoms with Crippen molar-refractivity contribution in [3.8, 4) is 0 Å². The van der Waals surface area contributed by atoms with Gasteiger partial charge in [0.25, 0.3) is 0 Å². The Morgan fingerprint density at radius 2 is 2.46 bits per heavy atom. The molecule has 0 unspecified atom stereocenters. The summed E-state index contributed by atoms with van der Waals surface area (Å²) in [5, 5.41) is 9.51. The van der Waals surface area contributed by atoms with Gasteiger partial charge in [0.05, 0.1) is 13.2 Å². The van der Waals surface area contributed by atoms with Crippen LogP contribution in [0.5, 0.6) is 0 Å². The molecule has 1 aliphatic heterocycles. The number of hydrogen-bond donors (Lipinski definition) is 1. The van der Waals surface area contributed by atoms with Gasteiger partial charge in [-0.25, -0.2) is 0 Å². The lowest BCUT2D eigenvalue weighted by molar-refractivity contribution is 0.185. The van der Waals surface area contributed by atoms with Crippen molar-refractivity contribution in [2.45, 2.75) is 13.2 Å². The van der Waals surface area contributed by atoms with Crippen molar-refractivity contribution < 1.29 is 14.4 Å². The Hall–Kier alpha value is -0.835. The molecule has 1 aromatic carbocycles. The smallest absolute Gasteiger partial charge is 0.423 e. The fourth-order valence-corrected chi connectivity index (χ4v) is 1.64. The highest BCUT2D eigenvalue weighted by atomic mass is 16.5. The second-order valence-corrected chi connectivity index (χ2v) is 3.09. The molecule has 13 heavy (non-hydrogen) atoms. The van der Waals surface area contributed by atoms with Crippen molar-refractivity contribution >= 4 is 12.6 Å². The van der Waals surface area contributed by atoms with Crippen molar-refractivity contribution in [3.05, 3.63) is 29.3 Å². The van der Waals surface area contributed by atoms with Crippen LogP contribution in [0.25, 0.3) is 0 Å². The molecule has 0 radical (unpaired) electrons. The van der Waals surface area contributed by atoms with Crippen LogP contribution < -0.4 is 5.46 Å². The predicted molar refractivity (Wildman–Crippen MR) is 49.6 cm³/mol. The van der Waals surface area contributed by atoms with Crippen LogP contribution in [0.2, 0.25) is 0 Å². The molecule has 1 aromatic rings. The summed E-state index contributed by atoms with van der Waals surface area (Å²) in [5.74, 6) is 0. The topological polar surface area (TPSA) is 38.7 Å². The molecule has 68 valence electrons. The molecule has 1 heterocycles. The minimum atomic E-state index is -0.777. The highest BCUT2D eigenvalue weighted by Crippen LogP contribution is 2.12. The quantitative estimate of drug-likeness (QED) is 0.650. The van der Waals surface area contributed by atoms with E-state index in [0.717, 1.165) is 16.6 Å². The van der Waals surface area contributed by atoms with Crippen LogP contribution >= 0.6 is 0 Å². The van der Waals surface area contributed by atoms with Crippen molar-refractivity contribution in [2.75, 3.05) is 7.11 Å². The molecule has 0 aromatic heterocycles. The fourth-order valence-electron chi connectivity index (χ4n) is 1.64. The zero-order valence-corrected chi connectivity index (χ0v) is 7.49. The molecular formula is C9H11BO3. The number of ether oxygens (including phenoxy) is 1. The van der Waals surface area contributed by atoms with E-state index in [-0.39, 0.29) is 0 Å². The van der Waals surface area contributed by atoms with E-state index in [9.17, 15) is 5.02 Å². The summed E-state index contributed by atoms with van der Waals surface area (Å²) >= 11 is 0. The standard InChI is InChI=1S/C9H11BO3/c1-12-5-7-3-2-4-8-6-13-10(11)9(7)8/h2-4,11H,5-6H2,1H3. The summed E-state index contributed by atoms with van der Waals surface area (Å²) in [6.07, 6.45) is 0. The molecule has 4 heteroatoms. The largest absolute Gasteiger partial charge is 0.492 e. The molecule has 2 rings (SSSR count). The Morgan fingerprint density at radius 3 is 3.23 bits per heavy atom. The molecule has 0 saturated carbocycles. The summed E-state index contributed by atoms with van der Waals surface area (Å²) < 4.78 is 10.1. The van der Waals surface area contributed by atoms with Crippen molar-refractivity contribution in [1.82, 2.24) is 0 Å². The monoisotopic (exact) mass is 178 g/mol. The van der Waals surface area contributed by atoms with Crippen LogP contribution in [0.3, 0.4) is 0 Å². The lowest BCUT2D eigenvalue weighted by Crippen LogP contribution is -2.31. The maximum atomic E-state index is 9.51. The SMILES string of the molecule is COCc1cccc2c1B(O)OC2. The second-order valence-electron chi connectivity index (χ2n) is 3.09. The minimum Gasteiger partial charge on any atom is -0.423 e. The molecule has 0 spiro atoms. The maximum Gasteiger partial charge on any atom is 0.492 e. The van der Waals surface area contributed by atoms with Gasteiger partial charge in [0, 0.05) is 7.11 Å². The van der Waals surface area contributed by atoms with Gasteiger partial charge in [0.2, 0.25) is 0 Å². The highest BCUT2D eigenvalue weighted by Gasteiger charge is 2.29. The molecule has 0 bridgehead atoms. The Bertz CT molecular complexity index is 314. The second kappa shape index (κ2) is 3.50. The molecule has 3 nitrogen and oxygen atoms in total. The van der Waals surface area contributed by atoms with Gasteiger partial charge in [-0.2, -0.15) is 0 Å². The highest BCUT2D eigenvalue weighted by molar-refractivity contribution is 6.62. The molecule has 0 aliphatic carbocycles.